The topological polar surface area (TPSA) is 184 Å². The van der Waals surface area contributed by atoms with Gasteiger partial charge in [-0.1, -0.05) is 29.4 Å². The monoisotopic (exact) mass is 1150 g/mol. The van der Waals surface area contributed by atoms with E-state index in [1.54, 1.807) is 9.80 Å². The van der Waals surface area contributed by atoms with Crippen molar-refractivity contribution >= 4 is 57.1 Å². The lowest BCUT2D eigenvalue weighted by Gasteiger charge is -2.37. The van der Waals surface area contributed by atoms with Crippen LogP contribution in [0.1, 0.15) is 162 Å². The average Bonchev–Trinajstić information content (AvgIpc) is 3.87. The number of ether oxygens (including phenoxy) is 1. The summed E-state index contributed by atoms with van der Waals surface area (Å²) < 4.78 is 76.6. The van der Waals surface area contributed by atoms with Crippen LogP contribution in [0.2, 0.25) is 0 Å². The summed E-state index contributed by atoms with van der Waals surface area (Å²) in [6, 6.07) is 18.6. The Morgan fingerprint density at radius 2 is 1.02 bits per heavy atom. The molecule has 2 saturated heterocycles. The summed E-state index contributed by atoms with van der Waals surface area (Å²) in [6.45, 7) is 10.3. The molecule has 8 aromatic rings. The third-order valence-electron chi connectivity index (χ3n) is 17.5. The highest BCUT2D eigenvalue weighted by molar-refractivity contribution is 5.96. The molecular weight excluding hydrogens is 1080 g/mol. The summed E-state index contributed by atoms with van der Waals surface area (Å²) in [6.07, 6.45) is 10.1. The Balaban J connectivity index is 0.000000176. The molecule has 2 atom stereocenters. The number of fused-ring (bicyclic) bond motifs is 2. The highest BCUT2D eigenvalue weighted by Gasteiger charge is 2.40. The maximum Gasteiger partial charge on any atom is 0.308 e. The molecule has 84 heavy (non-hydrogen) atoms. The third-order valence-corrected chi connectivity index (χ3v) is 17.5. The number of carbonyl (C=O) groups is 4. The fraction of sp³-hybridized carbons (Fsp3) is 0.438. The maximum atomic E-state index is 14.4. The highest BCUT2D eigenvalue weighted by Crippen LogP contribution is 2.45. The van der Waals surface area contributed by atoms with Crippen LogP contribution in [-0.4, -0.2) is 66.8 Å². The second-order valence-electron chi connectivity index (χ2n) is 22.9. The lowest BCUT2D eigenvalue weighted by atomic mass is 9.85. The molecular formula is C64H69F4N9O7. The zero-order valence-corrected chi connectivity index (χ0v) is 48.2. The first-order valence-electron chi connectivity index (χ1n) is 29.3. The number of nitrogens with one attached hydrogen (secondary N) is 1. The number of methoxy groups -OCH3 is 1. The molecule has 440 valence electrons. The lowest BCUT2D eigenvalue weighted by Crippen LogP contribution is -2.40. The van der Waals surface area contributed by atoms with E-state index in [-0.39, 0.29) is 47.6 Å². The van der Waals surface area contributed by atoms with E-state index in [4.69, 9.17) is 23.8 Å². The van der Waals surface area contributed by atoms with Gasteiger partial charge in [-0.05, 0) is 171 Å². The number of amides is 3. The number of nitrogens with zero attached hydrogens (tertiary/aromatic N) is 8. The van der Waals surface area contributed by atoms with Gasteiger partial charge in [-0.15, -0.1) is 0 Å². The van der Waals surface area contributed by atoms with Gasteiger partial charge in [0.05, 0.1) is 58.6 Å². The maximum absolute atomic E-state index is 14.4. The molecule has 0 bridgehead atoms. The van der Waals surface area contributed by atoms with Crippen molar-refractivity contribution in [2.75, 3.05) is 23.5 Å². The molecule has 4 aromatic heterocycles. The number of hydrogen-bond donors (Lipinski definition) is 1. The smallest absolute Gasteiger partial charge is 0.308 e. The highest BCUT2D eigenvalue weighted by atomic mass is 19.2. The number of benzene rings is 4. The van der Waals surface area contributed by atoms with Gasteiger partial charge >= 0.3 is 5.97 Å². The van der Waals surface area contributed by atoms with Crippen LogP contribution in [0.4, 0.5) is 28.9 Å². The summed E-state index contributed by atoms with van der Waals surface area (Å²) >= 11 is 0. The van der Waals surface area contributed by atoms with Crippen molar-refractivity contribution in [3.63, 3.8) is 0 Å². The summed E-state index contributed by atoms with van der Waals surface area (Å²) in [5, 5.41) is 11.2. The number of rotatable bonds is 12. The number of halogens is 4. The first-order valence-corrected chi connectivity index (χ1v) is 29.3. The molecule has 0 unspecified atom stereocenters. The molecule has 20 heteroatoms. The lowest BCUT2D eigenvalue weighted by molar-refractivity contribution is -0.146. The summed E-state index contributed by atoms with van der Waals surface area (Å²) in [7, 11) is 1.42. The summed E-state index contributed by atoms with van der Waals surface area (Å²) in [5.74, 6) is -1.59. The Labute approximate surface area is 483 Å². The van der Waals surface area contributed by atoms with E-state index in [9.17, 15) is 36.7 Å². The van der Waals surface area contributed by atoms with E-state index >= 15 is 0 Å². The standard InChI is InChI=1S/C33H37F2N5O3.C31H32F2N4O4/c1-4-16-36-33(42)21-8-11-23(12-9-21)40-28-15-10-22(31-19(2)38-43-20(31)3)17-27(28)37-32(40)29-6-5-7-30(41)39(29)24-13-14-25(34)26(35)18-24;1-17-29(18(2)41-35-17)20-9-14-26-25(15-20)34-30(37(26)21-10-7-19(8-11-21)31(39)40-3)27-5-4-6-28(38)36(27)22-12-13-23(32)24(33)16-22/h10,13-15,17-18,21,23,29H,4-9,11-12,16H2,1-3H3,(H,36,42);9,12-16,19,21,27H,4-8,10-11H2,1-3H3/t21?,23?,29-;19?,21?,27-/m00/s1. The van der Waals surface area contributed by atoms with Crippen LogP contribution >= 0.6 is 0 Å². The van der Waals surface area contributed by atoms with Crippen molar-refractivity contribution in [3.8, 4) is 22.3 Å². The average molecular weight is 1150 g/mol. The van der Waals surface area contributed by atoms with Crippen molar-refractivity contribution in [3.05, 3.63) is 131 Å². The number of carbonyl (C=O) groups excluding carboxylic acids is 4. The predicted molar refractivity (Wildman–Crippen MR) is 308 cm³/mol. The predicted octanol–water partition coefficient (Wildman–Crippen LogP) is 13.9. The normalized spacial score (nSPS) is 21.2. The number of hydrogen-bond acceptors (Lipinski definition) is 11. The van der Waals surface area contributed by atoms with E-state index in [0.717, 1.165) is 137 Å². The summed E-state index contributed by atoms with van der Waals surface area (Å²) in [5.41, 5.74) is 9.30. The van der Waals surface area contributed by atoms with Crippen LogP contribution in [0.25, 0.3) is 44.3 Å². The molecule has 4 aliphatic rings. The van der Waals surface area contributed by atoms with Crippen LogP contribution in [0.3, 0.4) is 0 Å². The Kier molecular flexibility index (Phi) is 16.6. The molecule has 4 fully saturated rings. The van der Waals surface area contributed by atoms with Crippen LogP contribution < -0.4 is 15.1 Å². The van der Waals surface area contributed by atoms with Crippen molar-refractivity contribution in [2.45, 2.75) is 155 Å². The van der Waals surface area contributed by atoms with Crippen molar-refractivity contribution in [2.24, 2.45) is 11.8 Å². The van der Waals surface area contributed by atoms with Crippen LogP contribution in [0.15, 0.2) is 81.8 Å². The molecule has 12 rings (SSSR count). The number of piperidine rings is 2. The fourth-order valence-electron chi connectivity index (χ4n) is 13.4. The van der Waals surface area contributed by atoms with E-state index < -0.39 is 35.4 Å². The molecule has 0 radical (unpaired) electrons. The van der Waals surface area contributed by atoms with Crippen LogP contribution in [-0.2, 0) is 23.9 Å². The molecule has 2 aliphatic carbocycles. The van der Waals surface area contributed by atoms with E-state index in [0.29, 0.717) is 80.9 Å². The quantitative estimate of drug-likeness (QED) is 0.0907. The summed E-state index contributed by atoms with van der Waals surface area (Å²) in [4.78, 5) is 65.1. The van der Waals surface area contributed by atoms with Gasteiger partial charge in [-0.25, -0.2) is 27.5 Å². The molecule has 0 spiro atoms. The Morgan fingerprint density at radius 3 is 1.42 bits per heavy atom. The zero-order chi connectivity index (χ0) is 59.1. The largest absolute Gasteiger partial charge is 0.469 e. The third kappa shape index (κ3) is 11.1. The van der Waals surface area contributed by atoms with Gasteiger partial charge in [-0.2, -0.15) is 0 Å². The number of esters is 1. The molecule has 1 N–H and O–H groups in total. The second kappa shape index (κ2) is 24.2. The van der Waals surface area contributed by atoms with Gasteiger partial charge in [0.2, 0.25) is 17.7 Å². The molecule has 6 heterocycles. The van der Waals surface area contributed by atoms with Gasteiger partial charge in [0.1, 0.15) is 23.2 Å². The van der Waals surface area contributed by atoms with E-state index in [2.05, 4.69) is 30.8 Å². The van der Waals surface area contributed by atoms with Gasteiger partial charge in [0.15, 0.2) is 23.3 Å². The minimum Gasteiger partial charge on any atom is -0.469 e. The first-order chi connectivity index (χ1) is 40.5. The fourth-order valence-corrected chi connectivity index (χ4v) is 13.4. The number of anilines is 2. The SMILES string of the molecule is CCCNC(=O)C1CCC(n2c([C@@H]3CCCC(=O)N3c3ccc(F)c(F)c3)nc3cc(-c4c(C)noc4C)ccc32)CC1.COC(=O)C1CCC(n2c([C@@H]3CCCC(=O)N3c3ccc(F)c(F)c3)nc3cc(-c4c(C)noc4C)ccc32)CC1. The molecule has 2 aliphatic heterocycles. The zero-order valence-electron chi connectivity index (χ0n) is 48.2. The van der Waals surface area contributed by atoms with Crippen molar-refractivity contribution < 1.29 is 50.5 Å². The molecule has 16 nitrogen and oxygen atoms in total. The second-order valence-corrected chi connectivity index (χ2v) is 22.9. The van der Waals surface area contributed by atoms with Crippen molar-refractivity contribution in [1.82, 2.24) is 34.7 Å². The molecule has 3 amide bonds. The van der Waals surface area contributed by atoms with Gasteiger partial charge in [-0.3, -0.25) is 19.2 Å². The minimum absolute atomic E-state index is 0.0258. The minimum atomic E-state index is -1.00. The van der Waals surface area contributed by atoms with Gasteiger partial charge in [0, 0.05) is 72.0 Å². The molecule has 2 saturated carbocycles. The van der Waals surface area contributed by atoms with E-state index in [1.807, 2.05) is 65.0 Å². The Morgan fingerprint density at radius 1 is 0.583 bits per heavy atom. The molecule has 4 aromatic carbocycles. The first kappa shape index (κ1) is 57.6. The number of aryl methyl sites for hydroxylation is 4. The van der Waals surface area contributed by atoms with Crippen LogP contribution in [0.5, 0.6) is 0 Å². The van der Waals surface area contributed by atoms with E-state index in [1.165, 1.54) is 19.2 Å². The van der Waals surface area contributed by atoms with Gasteiger partial charge < -0.3 is 38.0 Å². The Bertz CT molecular complexity index is 3760. The Hall–Kier alpha value is -8.16. The number of imidazole rings is 2. The van der Waals surface area contributed by atoms with Crippen molar-refractivity contribution in [1.29, 1.82) is 0 Å². The number of aromatic nitrogens is 6. The van der Waals surface area contributed by atoms with Crippen LogP contribution in [0, 0.1) is 62.8 Å². The van der Waals surface area contributed by atoms with Gasteiger partial charge in [0.25, 0.3) is 0 Å².